The monoisotopic (exact) mass is 565 g/mol. The van der Waals surface area contributed by atoms with Crippen molar-refractivity contribution in [2.75, 3.05) is 18.0 Å². The van der Waals surface area contributed by atoms with Crippen LogP contribution in [-0.2, 0) is 26.2 Å². The van der Waals surface area contributed by atoms with Crippen LogP contribution in [0, 0.1) is 20.8 Å². The van der Waals surface area contributed by atoms with Crippen molar-refractivity contribution in [1.82, 2.24) is 10.2 Å². The quantitative estimate of drug-likeness (QED) is 0.362. The van der Waals surface area contributed by atoms with E-state index in [4.69, 9.17) is 4.74 Å². The van der Waals surface area contributed by atoms with Gasteiger partial charge in [-0.15, -0.1) is 0 Å². The molecule has 214 valence electrons. The Kier molecular flexibility index (Phi) is 9.98. The van der Waals surface area contributed by atoms with E-state index in [-0.39, 0.29) is 29.1 Å². The van der Waals surface area contributed by atoms with Crippen LogP contribution in [0.25, 0.3) is 0 Å². The zero-order chi connectivity index (χ0) is 29.6. The number of carbonyl (C=O) groups is 2. The van der Waals surface area contributed by atoms with Crippen molar-refractivity contribution >= 4 is 27.5 Å². The standard InChI is InChI=1S/C31H39N3O5S/c1-21(2)32-31(36)25(6)33(19-26-11-9-8-10-24(26)5)30(35)20-34(28-18-23(4)14-17-29(28)39-7)40(37,38)27-15-12-22(3)13-16-27/h8-18,21,25H,19-20H2,1-7H3,(H,32,36)/t25-/m1/s1. The van der Waals surface area contributed by atoms with Gasteiger partial charge in [0.1, 0.15) is 18.3 Å². The summed E-state index contributed by atoms with van der Waals surface area (Å²) in [6.45, 7) is 10.6. The SMILES string of the molecule is COc1ccc(C)cc1N(CC(=O)N(Cc1ccccc1C)[C@H](C)C(=O)NC(C)C)S(=O)(=O)c1ccc(C)cc1. The smallest absolute Gasteiger partial charge is 0.264 e. The third-order valence-electron chi connectivity index (χ3n) is 6.69. The van der Waals surface area contributed by atoms with Crippen molar-refractivity contribution in [3.8, 4) is 5.75 Å². The second kappa shape index (κ2) is 13.0. The number of methoxy groups -OCH3 is 1. The number of aryl methyl sites for hydroxylation is 3. The molecule has 9 heteroatoms. The van der Waals surface area contributed by atoms with Crippen molar-refractivity contribution in [1.29, 1.82) is 0 Å². The number of hydrogen-bond donors (Lipinski definition) is 1. The van der Waals surface area contributed by atoms with Crippen molar-refractivity contribution in [3.63, 3.8) is 0 Å². The lowest BCUT2D eigenvalue weighted by atomic mass is 10.1. The summed E-state index contributed by atoms with van der Waals surface area (Å²) in [5.41, 5.74) is 3.77. The molecule has 0 aliphatic heterocycles. The van der Waals surface area contributed by atoms with Gasteiger partial charge in [-0.1, -0.05) is 48.0 Å². The lowest BCUT2D eigenvalue weighted by Gasteiger charge is -2.33. The summed E-state index contributed by atoms with van der Waals surface area (Å²) in [5, 5.41) is 2.87. The summed E-state index contributed by atoms with van der Waals surface area (Å²) in [5.74, 6) is -0.531. The molecule has 0 spiro atoms. The second-order valence-electron chi connectivity index (χ2n) is 10.3. The molecule has 3 aromatic rings. The molecule has 0 aromatic heterocycles. The zero-order valence-corrected chi connectivity index (χ0v) is 25.1. The van der Waals surface area contributed by atoms with Gasteiger partial charge in [0.15, 0.2) is 0 Å². The van der Waals surface area contributed by atoms with E-state index in [0.717, 1.165) is 26.6 Å². The molecule has 2 amide bonds. The Balaban J connectivity index is 2.12. The topological polar surface area (TPSA) is 96.0 Å². The first-order valence-corrected chi connectivity index (χ1v) is 14.7. The fourth-order valence-corrected chi connectivity index (χ4v) is 5.72. The van der Waals surface area contributed by atoms with Crippen molar-refractivity contribution in [3.05, 3.63) is 89.0 Å². The van der Waals surface area contributed by atoms with Gasteiger partial charge in [-0.2, -0.15) is 0 Å². The summed E-state index contributed by atoms with van der Waals surface area (Å²) in [6.07, 6.45) is 0. The van der Waals surface area contributed by atoms with Crippen molar-refractivity contribution in [2.24, 2.45) is 0 Å². The van der Waals surface area contributed by atoms with E-state index in [1.165, 1.54) is 24.1 Å². The number of nitrogens with zero attached hydrogens (tertiary/aromatic N) is 2. The van der Waals surface area contributed by atoms with Crippen LogP contribution in [0.2, 0.25) is 0 Å². The largest absolute Gasteiger partial charge is 0.495 e. The Morgan fingerprint density at radius 2 is 1.52 bits per heavy atom. The third kappa shape index (κ3) is 7.21. The number of hydrogen-bond acceptors (Lipinski definition) is 5. The predicted octanol–water partition coefficient (Wildman–Crippen LogP) is 4.76. The van der Waals surface area contributed by atoms with Gasteiger partial charge in [0.25, 0.3) is 10.0 Å². The number of amides is 2. The number of anilines is 1. The Bertz CT molecular complexity index is 1450. The van der Waals surface area contributed by atoms with E-state index in [2.05, 4.69) is 5.32 Å². The Morgan fingerprint density at radius 1 is 0.900 bits per heavy atom. The average Bonchev–Trinajstić information content (AvgIpc) is 2.90. The first kappa shape index (κ1) is 30.7. The van der Waals surface area contributed by atoms with Crippen LogP contribution in [0.3, 0.4) is 0 Å². The van der Waals surface area contributed by atoms with Gasteiger partial charge in [-0.25, -0.2) is 8.42 Å². The van der Waals surface area contributed by atoms with E-state index in [9.17, 15) is 18.0 Å². The maximum atomic E-state index is 14.1. The average molecular weight is 566 g/mol. The van der Waals surface area contributed by atoms with Gasteiger partial charge in [0, 0.05) is 12.6 Å². The minimum absolute atomic E-state index is 0.0468. The van der Waals surface area contributed by atoms with E-state index in [1.54, 1.807) is 31.2 Å². The van der Waals surface area contributed by atoms with Gasteiger partial charge in [-0.05, 0) is 82.5 Å². The Labute approximate surface area is 238 Å². The van der Waals surface area contributed by atoms with Gasteiger partial charge >= 0.3 is 0 Å². The molecule has 0 aliphatic rings. The minimum Gasteiger partial charge on any atom is -0.495 e. The maximum absolute atomic E-state index is 14.1. The van der Waals surface area contributed by atoms with E-state index < -0.39 is 28.5 Å². The van der Waals surface area contributed by atoms with Gasteiger partial charge < -0.3 is 15.0 Å². The molecule has 8 nitrogen and oxygen atoms in total. The first-order chi connectivity index (χ1) is 18.8. The molecule has 0 fully saturated rings. The molecule has 3 aromatic carbocycles. The fraction of sp³-hybridized carbons (Fsp3) is 0.355. The second-order valence-corrected chi connectivity index (χ2v) is 12.1. The van der Waals surface area contributed by atoms with Crippen LogP contribution < -0.4 is 14.4 Å². The molecule has 0 unspecified atom stereocenters. The number of ether oxygens (including phenoxy) is 1. The van der Waals surface area contributed by atoms with Crippen LogP contribution in [0.5, 0.6) is 5.75 Å². The minimum atomic E-state index is -4.19. The molecule has 0 heterocycles. The van der Waals surface area contributed by atoms with Crippen LogP contribution in [-0.4, -0.2) is 50.9 Å². The molecule has 40 heavy (non-hydrogen) atoms. The number of sulfonamides is 1. The normalized spacial score (nSPS) is 12.1. The molecule has 0 bridgehead atoms. The summed E-state index contributed by atoms with van der Waals surface area (Å²) in [6, 6.07) is 18.3. The Morgan fingerprint density at radius 3 is 2.12 bits per heavy atom. The predicted molar refractivity (Wildman–Crippen MR) is 158 cm³/mol. The van der Waals surface area contributed by atoms with E-state index >= 15 is 0 Å². The number of carbonyl (C=O) groups excluding carboxylic acids is 2. The molecule has 0 saturated heterocycles. The summed E-state index contributed by atoms with van der Waals surface area (Å²) < 4.78 is 34.7. The van der Waals surface area contributed by atoms with Gasteiger partial charge in [0.05, 0.1) is 17.7 Å². The Hall–Kier alpha value is -3.85. The van der Waals surface area contributed by atoms with Crippen molar-refractivity contribution in [2.45, 2.75) is 65.1 Å². The highest BCUT2D eigenvalue weighted by Gasteiger charge is 2.34. The van der Waals surface area contributed by atoms with Gasteiger partial charge in [-0.3, -0.25) is 13.9 Å². The molecule has 0 saturated carbocycles. The maximum Gasteiger partial charge on any atom is 0.264 e. The van der Waals surface area contributed by atoms with Crippen LogP contribution in [0.4, 0.5) is 5.69 Å². The number of nitrogens with one attached hydrogen (secondary N) is 1. The molecule has 3 rings (SSSR count). The lowest BCUT2D eigenvalue weighted by molar-refractivity contribution is -0.139. The highest BCUT2D eigenvalue weighted by Crippen LogP contribution is 2.34. The van der Waals surface area contributed by atoms with Gasteiger partial charge in [0.2, 0.25) is 11.8 Å². The third-order valence-corrected chi connectivity index (χ3v) is 8.47. The molecule has 1 N–H and O–H groups in total. The van der Waals surface area contributed by atoms with Crippen molar-refractivity contribution < 1.29 is 22.7 Å². The van der Waals surface area contributed by atoms with Crippen LogP contribution >= 0.6 is 0 Å². The molecule has 1 atom stereocenters. The molecular weight excluding hydrogens is 526 g/mol. The van der Waals surface area contributed by atoms with E-state index in [0.29, 0.717) is 5.75 Å². The lowest BCUT2D eigenvalue weighted by Crippen LogP contribution is -2.52. The number of rotatable bonds is 11. The molecule has 0 aliphatic carbocycles. The summed E-state index contributed by atoms with van der Waals surface area (Å²) in [4.78, 5) is 28.6. The fourth-order valence-electron chi connectivity index (χ4n) is 4.30. The first-order valence-electron chi connectivity index (χ1n) is 13.2. The molecule has 0 radical (unpaired) electrons. The van der Waals surface area contributed by atoms with Crippen LogP contribution in [0.15, 0.2) is 71.6 Å². The number of benzene rings is 3. The molecular formula is C31H39N3O5S. The van der Waals surface area contributed by atoms with Crippen LogP contribution in [0.1, 0.15) is 43.0 Å². The van der Waals surface area contributed by atoms with E-state index in [1.807, 2.05) is 65.0 Å². The zero-order valence-electron chi connectivity index (χ0n) is 24.3. The highest BCUT2D eigenvalue weighted by atomic mass is 32.2. The summed E-state index contributed by atoms with van der Waals surface area (Å²) >= 11 is 0. The summed E-state index contributed by atoms with van der Waals surface area (Å²) in [7, 11) is -2.74. The highest BCUT2D eigenvalue weighted by molar-refractivity contribution is 7.92.